The minimum Gasteiger partial charge on any atom is -0.490 e. The molecule has 0 bridgehead atoms. The van der Waals surface area contributed by atoms with Gasteiger partial charge in [0.1, 0.15) is 12.4 Å². The second-order valence-electron chi connectivity index (χ2n) is 10.2. The fourth-order valence-corrected chi connectivity index (χ4v) is 5.40. The Labute approximate surface area is 243 Å². The van der Waals surface area contributed by atoms with Gasteiger partial charge in [-0.1, -0.05) is 6.92 Å². The molecule has 5 aromatic rings. The largest absolute Gasteiger partial charge is 0.490 e. The van der Waals surface area contributed by atoms with Gasteiger partial charge in [-0.15, -0.1) is 0 Å². The number of nitrogens with zero attached hydrogens (tertiary/aromatic N) is 6. The molecular weight excluding hydrogens is 565 g/mol. The predicted octanol–water partition coefficient (Wildman–Crippen LogP) is 5.20. The molecule has 6 rings (SSSR count). The average Bonchev–Trinajstić information content (AvgIpc) is 3.60. The average molecular weight is 591 g/mol. The van der Waals surface area contributed by atoms with Crippen LogP contribution in [0.25, 0.3) is 22.0 Å². The summed E-state index contributed by atoms with van der Waals surface area (Å²) in [4.78, 5) is 36.2. The molecule has 1 aliphatic rings. The SMILES string of the molecule is CCc1cc(C(=O)O)c2nccc(N3CCOc4c(cc(Cn5ccnc5)cc4-c4cn(C)nc4C(F)(F)F)C3=O)c2c1. The Hall–Kier alpha value is -5.20. The van der Waals surface area contributed by atoms with Gasteiger partial charge in [0.25, 0.3) is 5.91 Å². The zero-order chi connectivity index (χ0) is 30.5. The third-order valence-corrected chi connectivity index (χ3v) is 7.31. The molecule has 220 valence electrons. The van der Waals surface area contributed by atoms with Crippen molar-refractivity contribution in [2.45, 2.75) is 26.1 Å². The van der Waals surface area contributed by atoms with Crippen molar-refractivity contribution in [3.8, 4) is 16.9 Å². The summed E-state index contributed by atoms with van der Waals surface area (Å²) in [5, 5.41) is 14.0. The Morgan fingerprint density at radius 2 is 1.88 bits per heavy atom. The lowest BCUT2D eigenvalue weighted by Gasteiger charge is -2.23. The van der Waals surface area contributed by atoms with Crippen LogP contribution in [0.15, 0.2) is 61.4 Å². The van der Waals surface area contributed by atoms with Crippen molar-refractivity contribution in [1.29, 1.82) is 0 Å². The molecular formula is C30H25F3N6O4. The molecule has 0 atom stereocenters. The van der Waals surface area contributed by atoms with Crippen LogP contribution in [0.3, 0.4) is 0 Å². The highest BCUT2D eigenvalue weighted by molar-refractivity contribution is 6.14. The van der Waals surface area contributed by atoms with Gasteiger partial charge >= 0.3 is 12.1 Å². The van der Waals surface area contributed by atoms with Crippen LogP contribution in [0.2, 0.25) is 0 Å². The number of halogens is 3. The number of ether oxygens (including phenoxy) is 1. The highest BCUT2D eigenvalue weighted by Crippen LogP contribution is 2.43. The van der Waals surface area contributed by atoms with Crippen LogP contribution in [0.5, 0.6) is 5.75 Å². The van der Waals surface area contributed by atoms with Crippen LogP contribution >= 0.6 is 0 Å². The van der Waals surface area contributed by atoms with Gasteiger partial charge < -0.3 is 19.3 Å². The summed E-state index contributed by atoms with van der Waals surface area (Å²) in [6, 6.07) is 8.16. The molecule has 0 saturated heterocycles. The van der Waals surface area contributed by atoms with E-state index < -0.39 is 23.7 Å². The van der Waals surface area contributed by atoms with Gasteiger partial charge in [0.05, 0.1) is 35.2 Å². The van der Waals surface area contributed by atoms with E-state index in [1.807, 2.05) is 6.92 Å². The number of carboxylic acid groups (broad SMARTS) is 1. The Morgan fingerprint density at radius 1 is 1.09 bits per heavy atom. The van der Waals surface area contributed by atoms with Crippen LogP contribution in [0.4, 0.5) is 18.9 Å². The number of aryl methyl sites for hydroxylation is 2. The number of benzene rings is 2. The maximum atomic E-state index is 14.3. The topological polar surface area (TPSA) is 115 Å². The maximum Gasteiger partial charge on any atom is 0.435 e. The van der Waals surface area contributed by atoms with E-state index in [9.17, 15) is 27.9 Å². The van der Waals surface area contributed by atoms with Crippen molar-refractivity contribution in [3.63, 3.8) is 0 Å². The number of fused-ring (bicyclic) bond motifs is 2. The van der Waals surface area contributed by atoms with E-state index >= 15 is 0 Å². The highest BCUT2D eigenvalue weighted by Gasteiger charge is 2.39. The minimum atomic E-state index is -4.75. The lowest BCUT2D eigenvalue weighted by atomic mass is 9.97. The number of imidazole rings is 1. The normalized spacial score (nSPS) is 13.6. The second kappa shape index (κ2) is 10.6. The molecule has 0 aliphatic carbocycles. The van der Waals surface area contributed by atoms with Gasteiger partial charge in [-0.2, -0.15) is 18.3 Å². The van der Waals surface area contributed by atoms with E-state index in [4.69, 9.17) is 4.74 Å². The number of carboxylic acids is 1. The molecule has 1 amide bonds. The molecule has 0 unspecified atom stereocenters. The molecule has 3 aromatic heterocycles. The van der Waals surface area contributed by atoms with Crippen molar-refractivity contribution in [3.05, 3.63) is 89.4 Å². The summed E-state index contributed by atoms with van der Waals surface area (Å²) in [5.74, 6) is -1.64. The molecule has 1 N–H and O–H groups in total. The van der Waals surface area contributed by atoms with E-state index in [0.717, 1.165) is 10.2 Å². The standard InChI is InChI=1S/C30H25F3N6O4/c1-3-17-10-20-24(4-5-35-25(20)21(11-17)29(41)42)39-8-9-43-26-19(23-15-37(2)36-27(23)30(31,32)33)12-18(13-22(26)28(39)40)14-38-7-6-34-16-38/h4-7,10-13,15-16H,3,8-9,14H2,1-2H3,(H,41,42). The summed E-state index contributed by atoms with van der Waals surface area (Å²) in [6.07, 6.45) is 3.34. The molecule has 43 heavy (non-hydrogen) atoms. The number of hydrogen-bond donors (Lipinski definition) is 1. The quantitative estimate of drug-likeness (QED) is 0.289. The van der Waals surface area contributed by atoms with Crippen LogP contribution in [-0.2, 0) is 26.2 Å². The van der Waals surface area contributed by atoms with Crippen molar-refractivity contribution in [2.75, 3.05) is 18.1 Å². The first-order valence-corrected chi connectivity index (χ1v) is 13.4. The van der Waals surface area contributed by atoms with Gasteiger partial charge in [0.15, 0.2) is 5.69 Å². The molecule has 4 heterocycles. The van der Waals surface area contributed by atoms with E-state index in [2.05, 4.69) is 15.1 Å². The molecule has 2 aromatic carbocycles. The van der Waals surface area contributed by atoms with Gasteiger partial charge in [-0.05, 0) is 47.9 Å². The van der Waals surface area contributed by atoms with Crippen LogP contribution < -0.4 is 9.64 Å². The maximum absolute atomic E-state index is 14.3. The number of amides is 1. The molecule has 0 spiro atoms. The van der Waals surface area contributed by atoms with E-state index in [1.165, 1.54) is 24.3 Å². The van der Waals surface area contributed by atoms with Crippen molar-refractivity contribution >= 4 is 28.5 Å². The van der Waals surface area contributed by atoms with Crippen LogP contribution in [0.1, 0.15) is 44.5 Å². The summed E-state index contributed by atoms with van der Waals surface area (Å²) in [7, 11) is 1.39. The molecule has 0 saturated carbocycles. The monoisotopic (exact) mass is 590 g/mol. The van der Waals surface area contributed by atoms with Crippen LogP contribution in [0, 0.1) is 0 Å². The second-order valence-corrected chi connectivity index (χ2v) is 10.2. The van der Waals surface area contributed by atoms with Crippen LogP contribution in [-0.4, -0.2) is 54.5 Å². The molecule has 1 aliphatic heterocycles. The van der Waals surface area contributed by atoms with Gasteiger partial charge in [0.2, 0.25) is 0 Å². The van der Waals surface area contributed by atoms with Crippen molar-refractivity contribution in [1.82, 2.24) is 24.3 Å². The van der Waals surface area contributed by atoms with Crippen molar-refractivity contribution < 1.29 is 32.6 Å². The minimum absolute atomic E-state index is 0.0104. The number of aromatic nitrogens is 5. The lowest BCUT2D eigenvalue weighted by molar-refractivity contribution is -0.141. The number of anilines is 1. The number of rotatable bonds is 6. The Balaban J connectivity index is 1.56. The third-order valence-electron chi connectivity index (χ3n) is 7.31. The Morgan fingerprint density at radius 3 is 2.58 bits per heavy atom. The Bertz CT molecular complexity index is 1880. The lowest BCUT2D eigenvalue weighted by Crippen LogP contribution is -2.32. The highest BCUT2D eigenvalue weighted by atomic mass is 19.4. The summed E-state index contributed by atoms with van der Waals surface area (Å²) in [6.45, 7) is 2.15. The number of alkyl halides is 3. The van der Waals surface area contributed by atoms with E-state index in [0.29, 0.717) is 23.1 Å². The first-order chi connectivity index (χ1) is 20.5. The fourth-order valence-electron chi connectivity index (χ4n) is 5.40. The number of hydrogen-bond acceptors (Lipinski definition) is 6. The fraction of sp³-hybridized carbons (Fsp3) is 0.233. The first kappa shape index (κ1) is 27.9. The number of carbonyl (C=O) groups excluding carboxylic acids is 1. The molecule has 0 radical (unpaired) electrons. The van der Waals surface area contributed by atoms with Gasteiger partial charge in [0, 0.05) is 54.9 Å². The summed E-state index contributed by atoms with van der Waals surface area (Å²) < 4.78 is 51.1. The van der Waals surface area contributed by atoms with Crippen molar-refractivity contribution in [2.24, 2.45) is 7.05 Å². The number of carbonyl (C=O) groups is 2. The van der Waals surface area contributed by atoms with E-state index in [-0.39, 0.29) is 53.2 Å². The smallest absolute Gasteiger partial charge is 0.435 e. The molecule has 0 fully saturated rings. The first-order valence-electron chi connectivity index (χ1n) is 13.4. The molecule has 13 heteroatoms. The van der Waals surface area contributed by atoms with Gasteiger partial charge in [-0.25, -0.2) is 9.78 Å². The number of pyridine rings is 1. The van der Waals surface area contributed by atoms with E-state index in [1.54, 1.807) is 53.6 Å². The Kier molecular flexibility index (Phi) is 6.87. The number of aromatic carboxylic acids is 1. The summed E-state index contributed by atoms with van der Waals surface area (Å²) >= 11 is 0. The predicted molar refractivity (Wildman–Crippen MR) is 150 cm³/mol. The third kappa shape index (κ3) is 5.07. The summed E-state index contributed by atoms with van der Waals surface area (Å²) in [5.41, 5.74) is 0.791. The van der Waals surface area contributed by atoms with Gasteiger partial charge in [-0.3, -0.25) is 14.5 Å². The zero-order valence-corrected chi connectivity index (χ0v) is 23.1. The zero-order valence-electron chi connectivity index (χ0n) is 23.1. The molecule has 10 nitrogen and oxygen atoms in total.